The molecule has 1 rings (SSSR count). The van der Waals surface area contributed by atoms with Gasteiger partial charge in [-0.3, -0.25) is 4.79 Å². The maximum Gasteiger partial charge on any atom is 0.147 e. The summed E-state index contributed by atoms with van der Waals surface area (Å²) in [6.45, 7) is 2.16. The summed E-state index contributed by atoms with van der Waals surface area (Å²) in [5, 5.41) is 0. The maximum absolute atomic E-state index is 10.3. The van der Waals surface area contributed by atoms with E-state index in [2.05, 4.69) is 6.92 Å². The van der Waals surface area contributed by atoms with E-state index in [9.17, 15) is 4.79 Å². The van der Waals surface area contributed by atoms with Gasteiger partial charge in [0.05, 0.1) is 0 Å². The molecule has 2 heteroatoms. The van der Waals surface area contributed by atoms with Crippen molar-refractivity contribution < 1.29 is 4.79 Å². The fraction of sp³-hybridized carbons (Fsp3) is 0.625. The Morgan fingerprint density at radius 2 is 2.40 bits per heavy atom. The summed E-state index contributed by atoms with van der Waals surface area (Å²) in [5.74, 6) is 0.656. The second-order valence-corrected chi connectivity index (χ2v) is 3.02. The molecule has 0 heterocycles. The molecule has 0 fully saturated rings. The molecule has 1 atom stereocenters. The third kappa shape index (κ3) is 1.38. The summed E-state index contributed by atoms with van der Waals surface area (Å²) < 4.78 is 0. The molecule has 0 aliphatic heterocycles. The van der Waals surface area contributed by atoms with E-state index in [0.29, 0.717) is 5.92 Å². The average molecular weight is 139 g/mol. The second-order valence-electron chi connectivity index (χ2n) is 3.02. The van der Waals surface area contributed by atoms with Gasteiger partial charge in [0.2, 0.25) is 0 Å². The zero-order chi connectivity index (χ0) is 7.56. The highest BCUT2D eigenvalue weighted by Gasteiger charge is 2.14. The Morgan fingerprint density at radius 1 is 1.70 bits per heavy atom. The third-order valence-corrected chi connectivity index (χ3v) is 2.03. The largest absolute Gasteiger partial charge is 0.402 e. The number of rotatable bonds is 1. The molecule has 1 aliphatic carbocycles. The smallest absolute Gasteiger partial charge is 0.147 e. The van der Waals surface area contributed by atoms with Crippen LogP contribution in [0, 0.1) is 5.92 Å². The van der Waals surface area contributed by atoms with E-state index in [1.54, 1.807) is 0 Å². The summed E-state index contributed by atoms with van der Waals surface area (Å²) in [6.07, 6.45) is 3.76. The predicted molar refractivity (Wildman–Crippen MR) is 40.3 cm³/mol. The Kier molecular flexibility index (Phi) is 2.10. The highest BCUT2D eigenvalue weighted by molar-refractivity contribution is 5.74. The number of nitrogens with two attached hydrogens (primary N) is 1. The van der Waals surface area contributed by atoms with Gasteiger partial charge < -0.3 is 5.73 Å². The molecule has 0 saturated carbocycles. The molecule has 0 spiro atoms. The number of allylic oxidation sites excluding steroid dienone is 2. The number of hydrogen-bond donors (Lipinski definition) is 1. The molecule has 0 radical (unpaired) electrons. The molecule has 10 heavy (non-hydrogen) atoms. The highest BCUT2D eigenvalue weighted by atomic mass is 16.1. The van der Waals surface area contributed by atoms with E-state index in [1.165, 1.54) is 0 Å². The zero-order valence-electron chi connectivity index (χ0n) is 6.26. The molecule has 0 aromatic rings. The molecule has 2 nitrogen and oxygen atoms in total. The van der Waals surface area contributed by atoms with Gasteiger partial charge in [-0.2, -0.15) is 0 Å². The molecule has 0 aromatic heterocycles. The number of aldehydes is 1. The van der Waals surface area contributed by atoms with Crippen molar-refractivity contribution in [1.29, 1.82) is 0 Å². The van der Waals surface area contributed by atoms with Crippen molar-refractivity contribution in [3.05, 3.63) is 11.3 Å². The topological polar surface area (TPSA) is 43.1 Å². The van der Waals surface area contributed by atoms with Gasteiger partial charge in [0.15, 0.2) is 0 Å². The van der Waals surface area contributed by atoms with Crippen LogP contribution in [0.15, 0.2) is 11.3 Å². The van der Waals surface area contributed by atoms with Crippen molar-refractivity contribution in [2.24, 2.45) is 11.7 Å². The minimum Gasteiger partial charge on any atom is -0.402 e. The van der Waals surface area contributed by atoms with Crippen molar-refractivity contribution in [3.8, 4) is 0 Å². The SMILES string of the molecule is C[C@H]1CCC(C=O)=C(N)C1. The van der Waals surface area contributed by atoms with Gasteiger partial charge in [0.1, 0.15) is 6.29 Å². The molecule has 0 bridgehead atoms. The summed E-state index contributed by atoms with van der Waals surface area (Å²) >= 11 is 0. The van der Waals surface area contributed by atoms with Crippen LogP contribution in [0.1, 0.15) is 26.2 Å². The Balaban J connectivity index is 2.70. The van der Waals surface area contributed by atoms with Gasteiger partial charge >= 0.3 is 0 Å². The van der Waals surface area contributed by atoms with Crippen molar-refractivity contribution in [2.45, 2.75) is 26.2 Å². The van der Waals surface area contributed by atoms with Crippen LogP contribution < -0.4 is 5.73 Å². The fourth-order valence-electron chi connectivity index (χ4n) is 1.31. The van der Waals surface area contributed by atoms with Crippen LogP contribution >= 0.6 is 0 Å². The molecular formula is C8H13NO. The van der Waals surface area contributed by atoms with Crippen LogP contribution in [0.5, 0.6) is 0 Å². The Morgan fingerprint density at radius 3 is 2.90 bits per heavy atom. The monoisotopic (exact) mass is 139 g/mol. The van der Waals surface area contributed by atoms with Crippen molar-refractivity contribution >= 4 is 6.29 Å². The second kappa shape index (κ2) is 2.86. The summed E-state index contributed by atoms with van der Waals surface area (Å²) in [6, 6.07) is 0. The van der Waals surface area contributed by atoms with Crippen LogP contribution in [-0.2, 0) is 4.79 Å². The lowest BCUT2D eigenvalue weighted by Crippen LogP contribution is -2.14. The fourth-order valence-corrected chi connectivity index (χ4v) is 1.31. The summed E-state index contributed by atoms with van der Waals surface area (Å²) in [5.41, 5.74) is 7.25. The van der Waals surface area contributed by atoms with Crippen LogP contribution in [0.25, 0.3) is 0 Å². The Labute approximate surface area is 61.1 Å². The maximum atomic E-state index is 10.3. The van der Waals surface area contributed by atoms with Crippen molar-refractivity contribution in [3.63, 3.8) is 0 Å². The normalized spacial score (nSPS) is 26.7. The molecule has 0 aromatic carbocycles. The van der Waals surface area contributed by atoms with Crippen LogP contribution in [0.4, 0.5) is 0 Å². The van der Waals surface area contributed by atoms with Gasteiger partial charge in [-0.05, 0) is 25.2 Å². The van der Waals surface area contributed by atoms with E-state index >= 15 is 0 Å². The van der Waals surface area contributed by atoms with Gasteiger partial charge in [0, 0.05) is 11.3 Å². The van der Waals surface area contributed by atoms with E-state index in [1.807, 2.05) is 0 Å². The lowest BCUT2D eigenvalue weighted by Gasteiger charge is -2.18. The molecule has 0 unspecified atom stereocenters. The van der Waals surface area contributed by atoms with Crippen molar-refractivity contribution in [1.82, 2.24) is 0 Å². The van der Waals surface area contributed by atoms with Crippen molar-refractivity contribution in [2.75, 3.05) is 0 Å². The van der Waals surface area contributed by atoms with E-state index in [-0.39, 0.29) is 0 Å². The first kappa shape index (κ1) is 7.32. The van der Waals surface area contributed by atoms with Gasteiger partial charge in [-0.25, -0.2) is 0 Å². The molecule has 1 aliphatic rings. The first-order chi connectivity index (χ1) is 4.74. The number of hydrogen-bond acceptors (Lipinski definition) is 2. The molecule has 0 saturated heterocycles. The lowest BCUT2D eigenvalue weighted by molar-refractivity contribution is -0.105. The standard InChI is InChI=1S/C8H13NO/c1-6-2-3-7(5-10)8(9)4-6/h5-6H,2-4,9H2,1H3/t6-/m0/s1. The van der Waals surface area contributed by atoms with Gasteiger partial charge in [-0.15, -0.1) is 0 Å². The van der Waals surface area contributed by atoms with Crippen LogP contribution in [0.3, 0.4) is 0 Å². The Bertz CT molecular complexity index is 172. The third-order valence-electron chi connectivity index (χ3n) is 2.03. The molecular weight excluding hydrogens is 126 g/mol. The van der Waals surface area contributed by atoms with E-state index < -0.39 is 0 Å². The van der Waals surface area contributed by atoms with E-state index in [0.717, 1.165) is 36.8 Å². The average Bonchev–Trinajstić information content (AvgIpc) is 1.88. The first-order valence-corrected chi connectivity index (χ1v) is 3.66. The van der Waals surface area contributed by atoms with Gasteiger partial charge in [0.25, 0.3) is 0 Å². The van der Waals surface area contributed by atoms with Gasteiger partial charge in [-0.1, -0.05) is 6.92 Å². The number of carbonyl (C=O) groups excluding carboxylic acids is 1. The molecule has 2 N–H and O–H groups in total. The first-order valence-electron chi connectivity index (χ1n) is 3.66. The summed E-state index contributed by atoms with van der Waals surface area (Å²) in [7, 11) is 0. The zero-order valence-corrected chi connectivity index (χ0v) is 6.26. The minimum atomic E-state index is 0.656. The lowest BCUT2D eigenvalue weighted by atomic mass is 9.89. The van der Waals surface area contributed by atoms with E-state index in [4.69, 9.17) is 5.73 Å². The molecule has 56 valence electrons. The van der Waals surface area contributed by atoms with Crippen LogP contribution in [0.2, 0.25) is 0 Å². The summed E-state index contributed by atoms with van der Waals surface area (Å²) in [4.78, 5) is 10.3. The minimum absolute atomic E-state index is 0.656. The quantitative estimate of drug-likeness (QED) is 0.555. The number of carbonyl (C=O) groups is 1. The van der Waals surface area contributed by atoms with Crippen LogP contribution in [-0.4, -0.2) is 6.29 Å². The highest BCUT2D eigenvalue weighted by Crippen LogP contribution is 2.24. The molecule has 0 amide bonds. The Hall–Kier alpha value is -0.790. The predicted octanol–water partition coefficient (Wildman–Crippen LogP) is 1.22.